The van der Waals surface area contributed by atoms with Crippen LogP contribution < -0.4 is 5.32 Å². The van der Waals surface area contributed by atoms with E-state index in [0.29, 0.717) is 6.61 Å². The van der Waals surface area contributed by atoms with E-state index in [4.69, 9.17) is 4.74 Å². The summed E-state index contributed by atoms with van der Waals surface area (Å²) >= 11 is 1.76. The molecule has 0 bridgehead atoms. The fourth-order valence-corrected chi connectivity index (χ4v) is 2.25. The average molecular weight is 295 g/mol. The molecule has 0 unspecified atom stereocenters. The monoisotopic (exact) mass is 295 g/mol. The van der Waals surface area contributed by atoms with E-state index >= 15 is 0 Å². The van der Waals surface area contributed by atoms with Gasteiger partial charge in [0.05, 0.1) is 6.61 Å². The molecule has 0 saturated carbocycles. The van der Waals surface area contributed by atoms with Crippen LogP contribution in [-0.4, -0.2) is 51.0 Å². The van der Waals surface area contributed by atoms with Gasteiger partial charge in [0.15, 0.2) is 5.96 Å². The Bertz CT molecular complexity index is 406. The predicted molar refractivity (Wildman–Crippen MR) is 87.5 cm³/mol. The molecule has 0 spiro atoms. The molecule has 0 aliphatic rings. The van der Waals surface area contributed by atoms with Crippen molar-refractivity contribution in [3.8, 4) is 0 Å². The topological polar surface area (TPSA) is 36.9 Å². The van der Waals surface area contributed by atoms with Gasteiger partial charge in [0.25, 0.3) is 0 Å². The zero-order valence-corrected chi connectivity index (χ0v) is 13.7. The van der Waals surface area contributed by atoms with Gasteiger partial charge < -0.3 is 15.0 Å². The second-order valence-electron chi connectivity index (χ2n) is 4.38. The first kappa shape index (κ1) is 16.9. The average Bonchev–Trinajstić information content (AvgIpc) is 2.48. The van der Waals surface area contributed by atoms with E-state index in [9.17, 15) is 0 Å². The van der Waals surface area contributed by atoms with Gasteiger partial charge in [-0.15, -0.1) is 11.8 Å². The predicted octanol–water partition coefficient (Wildman–Crippen LogP) is 2.45. The Labute approximate surface area is 126 Å². The maximum atomic E-state index is 5.31. The summed E-state index contributed by atoms with van der Waals surface area (Å²) < 4.78 is 5.31. The van der Waals surface area contributed by atoms with Crippen molar-refractivity contribution in [1.82, 2.24) is 10.2 Å². The summed E-state index contributed by atoms with van der Waals surface area (Å²) in [5.41, 5.74) is 1.28. The highest BCUT2D eigenvalue weighted by atomic mass is 32.2. The fourth-order valence-electron chi connectivity index (χ4n) is 1.84. The summed E-state index contributed by atoms with van der Waals surface area (Å²) in [6.07, 6.45) is 2.09. The minimum atomic E-state index is 0.700. The van der Waals surface area contributed by atoms with E-state index in [2.05, 4.69) is 45.7 Å². The fraction of sp³-hybridized carbons (Fsp3) is 0.533. The number of benzene rings is 1. The number of hydrogen-bond donors (Lipinski definition) is 1. The van der Waals surface area contributed by atoms with Crippen LogP contribution in [0.3, 0.4) is 0 Å². The molecule has 4 nitrogen and oxygen atoms in total. The Morgan fingerprint density at radius 3 is 2.60 bits per heavy atom. The van der Waals surface area contributed by atoms with E-state index in [-0.39, 0.29) is 0 Å². The van der Waals surface area contributed by atoms with Gasteiger partial charge in [-0.1, -0.05) is 12.1 Å². The van der Waals surface area contributed by atoms with Crippen molar-refractivity contribution in [3.63, 3.8) is 0 Å². The summed E-state index contributed by atoms with van der Waals surface area (Å²) in [6.45, 7) is 5.06. The maximum absolute atomic E-state index is 5.31. The first-order valence-electron chi connectivity index (χ1n) is 6.83. The lowest BCUT2D eigenvalue weighted by Crippen LogP contribution is -2.39. The van der Waals surface area contributed by atoms with Crippen molar-refractivity contribution in [2.24, 2.45) is 4.99 Å². The van der Waals surface area contributed by atoms with E-state index < -0.39 is 0 Å². The summed E-state index contributed by atoms with van der Waals surface area (Å²) in [5.74, 6) is 0.888. The molecule has 1 aromatic carbocycles. The number of ether oxygens (including phenoxy) is 1. The van der Waals surface area contributed by atoms with Gasteiger partial charge in [0, 0.05) is 38.7 Å². The summed E-state index contributed by atoms with van der Waals surface area (Å²) in [7, 11) is 3.84. The van der Waals surface area contributed by atoms with Crippen LogP contribution in [0.4, 0.5) is 0 Å². The SMILES string of the molecule is CCOCCNC(=NC)N(C)Cc1ccc(SC)cc1. The number of hydrogen-bond acceptors (Lipinski definition) is 3. The molecule has 0 radical (unpaired) electrons. The number of guanidine groups is 1. The molecule has 1 aromatic rings. The molecule has 0 fully saturated rings. The highest BCUT2D eigenvalue weighted by Crippen LogP contribution is 2.15. The zero-order valence-electron chi connectivity index (χ0n) is 12.8. The van der Waals surface area contributed by atoms with Gasteiger partial charge in [-0.2, -0.15) is 0 Å². The van der Waals surface area contributed by atoms with E-state index in [1.54, 1.807) is 18.8 Å². The maximum Gasteiger partial charge on any atom is 0.193 e. The van der Waals surface area contributed by atoms with Gasteiger partial charge in [-0.25, -0.2) is 0 Å². The van der Waals surface area contributed by atoms with Crippen LogP contribution >= 0.6 is 11.8 Å². The minimum absolute atomic E-state index is 0.700. The third-order valence-corrected chi connectivity index (χ3v) is 3.63. The Hall–Kier alpha value is -1.20. The second-order valence-corrected chi connectivity index (χ2v) is 5.25. The van der Waals surface area contributed by atoms with Crippen molar-refractivity contribution in [1.29, 1.82) is 0 Å². The van der Waals surface area contributed by atoms with Gasteiger partial charge in [-0.3, -0.25) is 4.99 Å². The van der Waals surface area contributed by atoms with Crippen LogP contribution in [0.2, 0.25) is 0 Å². The van der Waals surface area contributed by atoms with E-state index in [1.165, 1.54) is 10.5 Å². The smallest absolute Gasteiger partial charge is 0.193 e. The lowest BCUT2D eigenvalue weighted by molar-refractivity contribution is 0.152. The molecule has 112 valence electrons. The van der Waals surface area contributed by atoms with Crippen molar-refractivity contribution in [2.45, 2.75) is 18.4 Å². The van der Waals surface area contributed by atoms with E-state index in [0.717, 1.165) is 25.7 Å². The van der Waals surface area contributed by atoms with Crippen molar-refractivity contribution >= 4 is 17.7 Å². The molecular formula is C15H25N3OS. The summed E-state index contributed by atoms with van der Waals surface area (Å²) in [4.78, 5) is 7.69. The van der Waals surface area contributed by atoms with Crippen molar-refractivity contribution in [3.05, 3.63) is 29.8 Å². The van der Waals surface area contributed by atoms with Crippen molar-refractivity contribution < 1.29 is 4.74 Å². The highest BCUT2D eigenvalue weighted by molar-refractivity contribution is 7.98. The second kappa shape index (κ2) is 9.66. The molecule has 0 aliphatic carbocycles. The number of thioether (sulfide) groups is 1. The van der Waals surface area contributed by atoms with Crippen LogP contribution in [0.5, 0.6) is 0 Å². The normalized spacial score (nSPS) is 11.5. The number of nitrogens with zero attached hydrogens (tertiary/aromatic N) is 2. The first-order chi connectivity index (χ1) is 9.71. The molecule has 0 saturated heterocycles. The van der Waals surface area contributed by atoms with Crippen LogP contribution in [0.25, 0.3) is 0 Å². The minimum Gasteiger partial charge on any atom is -0.380 e. The molecule has 0 heterocycles. The zero-order chi connectivity index (χ0) is 14.8. The molecular weight excluding hydrogens is 270 g/mol. The molecule has 0 amide bonds. The quantitative estimate of drug-likeness (QED) is 0.363. The number of aliphatic imine (C=N–C) groups is 1. The Morgan fingerprint density at radius 1 is 1.35 bits per heavy atom. The molecule has 0 aliphatic heterocycles. The lowest BCUT2D eigenvalue weighted by Gasteiger charge is -2.22. The lowest BCUT2D eigenvalue weighted by atomic mass is 10.2. The van der Waals surface area contributed by atoms with Gasteiger partial charge >= 0.3 is 0 Å². The Kier molecular flexibility index (Phi) is 8.14. The molecule has 20 heavy (non-hydrogen) atoms. The van der Waals surface area contributed by atoms with E-state index in [1.807, 2.05) is 14.0 Å². The molecule has 0 aromatic heterocycles. The summed E-state index contributed by atoms with van der Waals surface area (Å²) in [6, 6.07) is 8.63. The largest absolute Gasteiger partial charge is 0.380 e. The third kappa shape index (κ3) is 5.84. The molecule has 1 N–H and O–H groups in total. The van der Waals surface area contributed by atoms with Gasteiger partial charge in [0.2, 0.25) is 0 Å². The Morgan fingerprint density at radius 2 is 2.05 bits per heavy atom. The van der Waals surface area contributed by atoms with Crippen LogP contribution in [0.15, 0.2) is 34.2 Å². The summed E-state index contributed by atoms with van der Waals surface area (Å²) in [5, 5.41) is 3.29. The first-order valence-corrected chi connectivity index (χ1v) is 8.06. The van der Waals surface area contributed by atoms with Gasteiger partial charge in [0.1, 0.15) is 0 Å². The molecule has 5 heteroatoms. The number of nitrogens with one attached hydrogen (secondary N) is 1. The standard InChI is InChI=1S/C15H25N3OS/c1-5-19-11-10-17-15(16-2)18(3)12-13-6-8-14(20-4)9-7-13/h6-9H,5,10-12H2,1-4H3,(H,16,17). The Balaban J connectivity index is 2.47. The third-order valence-electron chi connectivity index (χ3n) is 2.89. The molecule has 0 atom stereocenters. The van der Waals surface area contributed by atoms with Crippen LogP contribution in [0.1, 0.15) is 12.5 Å². The molecule has 1 rings (SSSR count). The highest BCUT2D eigenvalue weighted by Gasteiger charge is 2.06. The van der Waals surface area contributed by atoms with Crippen molar-refractivity contribution in [2.75, 3.05) is 40.1 Å². The van der Waals surface area contributed by atoms with Crippen LogP contribution in [-0.2, 0) is 11.3 Å². The number of rotatable bonds is 7. The van der Waals surface area contributed by atoms with Crippen LogP contribution in [0, 0.1) is 0 Å². The van der Waals surface area contributed by atoms with Gasteiger partial charge in [-0.05, 0) is 30.9 Å².